The summed E-state index contributed by atoms with van der Waals surface area (Å²) >= 11 is 4.76. The van der Waals surface area contributed by atoms with Crippen LogP contribution in [0.4, 0.5) is 5.13 Å². The predicted molar refractivity (Wildman–Crippen MR) is 56.6 cm³/mol. The molecule has 0 aromatic carbocycles. The van der Waals surface area contributed by atoms with Gasteiger partial charge in [-0.3, -0.25) is 0 Å². The van der Waals surface area contributed by atoms with E-state index in [2.05, 4.69) is 31.0 Å². The standard InChI is InChI=1S/C7H10BrN3O2S/c8-6-9-10-7(14-6)11-1-2-13-5(3-11)4-12/h5,12H,1-4H2. The zero-order valence-electron chi connectivity index (χ0n) is 7.39. The van der Waals surface area contributed by atoms with Gasteiger partial charge >= 0.3 is 0 Å². The summed E-state index contributed by atoms with van der Waals surface area (Å²) in [5, 5.41) is 17.7. The van der Waals surface area contributed by atoms with Crippen LogP contribution >= 0.6 is 27.3 Å². The van der Waals surface area contributed by atoms with E-state index in [0.29, 0.717) is 13.2 Å². The van der Waals surface area contributed by atoms with E-state index in [1.54, 1.807) is 0 Å². The molecule has 0 saturated carbocycles. The number of nitrogens with zero attached hydrogens (tertiary/aromatic N) is 3. The number of aliphatic hydroxyl groups excluding tert-OH is 1. The molecule has 2 heterocycles. The molecule has 14 heavy (non-hydrogen) atoms. The van der Waals surface area contributed by atoms with E-state index >= 15 is 0 Å². The Labute approximate surface area is 93.8 Å². The van der Waals surface area contributed by atoms with Crippen LogP contribution in [0.3, 0.4) is 0 Å². The van der Waals surface area contributed by atoms with Gasteiger partial charge in [0, 0.05) is 13.1 Å². The molecule has 7 heteroatoms. The van der Waals surface area contributed by atoms with Crippen LogP contribution in [0.25, 0.3) is 0 Å². The number of hydrogen-bond donors (Lipinski definition) is 1. The number of aliphatic hydroxyl groups is 1. The van der Waals surface area contributed by atoms with Crippen molar-refractivity contribution in [2.24, 2.45) is 0 Å². The number of aromatic nitrogens is 2. The average molecular weight is 280 g/mol. The van der Waals surface area contributed by atoms with Crippen molar-refractivity contribution in [1.29, 1.82) is 0 Å². The topological polar surface area (TPSA) is 58.5 Å². The Bertz CT molecular complexity index is 309. The van der Waals surface area contributed by atoms with Gasteiger partial charge in [0.05, 0.1) is 19.3 Å². The van der Waals surface area contributed by atoms with Gasteiger partial charge in [0.1, 0.15) is 0 Å². The van der Waals surface area contributed by atoms with E-state index < -0.39 is 0 Å². The second-order valence-electron chi connectivity index (χ2n) is 2.96. The van der Waals surface area contributed by atoms with Gasteiger partial charge in [-0.1, -0.05) is 11.3 Å². The Morgan fingerprint density at radius 1 is 1.64 bits per heavy atom. The summed E-state index contributed by atoms with van der Waals surface area (Å²) in [4.78, 5) is 2.08. The smallest absolute Gasteiger partial charge is 0.209 e. The number of ether oxygens (including phenoxy) is 1. The fourth-order valence-corrected chi connectivity index (χ4v) is 2.45. The monoisotopic (exact) mass is 279 g/mol. The van der Waals surface area contributed by atoms with E-state index in [9.17, 15) is 0 Å². The van der Waals surface area contributed by atoms with Crippen LogP contribution in [0.2, 0.25) is 0 Å². The third-order valence-corrected chi connectivity index (χ3v) is 3.42. The molecule has 78 valence electrons. The van der Waals surface area contributed by atoms with Crippen molar-refractivity contribution in [2.75, 3.05) is 31.2 Å². The van der Waals surface area contributed by atoms with Crippen LogP contribution in [0.15, 0.2) is 3.92 Å². The average Bonchev–Trinajstić information content (AvgIpc) is 2.65. The molecule has 5 nitrogen and oxygen atoms in total. The van der Waals surface area contributed by atoms with Crippen molar-refractivity contribution in [2.45, 2.75) is 6.10 Å². The van der Waals surface area contributed by atoms with Crippen molar-refractivity contribution in [3.8, 4) is 0 Å². The number of morpholine rings is 1. The molecule has 1 atom stereocenters. The highest BCUT2D eigenvalue weighted by molar-refractivity contribution is 9.11. The molecule has 0 amide bonds. The minimum atomic E-state index is -0.105. The molecule has 1 aliphatic heterocycles. The molecule has 2 rings (SSSR count). The third-order valence-electron chi connectivity index (χ3n) is 2.00. The predicted octanol–water partition coefficient (Wildman–Crippen LogP) is 0.498. The van der Waals surface area contributed by atoms with E-state index in [4.69, 9.17) is 9.84 Å². The quantitative estimate of drug-likeness (QED) is 0.854. The summed E-state index contributed by atoms with van der Waals surface area (Å²) < 4.78 is 6.12. The van der Waals surface area contributed by atoms with E-state index in [1.165, 1.54) is 11.3 Å². The van der Waals surface area contributed by atoms with E-state index in [-0.39, 0.29) is 12.7 Å². The lowest BCUT2D eigenvalue weighted by Crippen LogP contribution is -2.44. The molecule has 0 aliphatic carbocycles. The van der Waals surface area contributed by atoms with Crippen LogP contribution in [0.5, 0.6) is 0 Å². The van der Waals surface area contributed by atoms with E-state index in [1.807, 2.05) is 0 Å². The first-order valence-electron chi connectivity index (χ1n) is 4.26. The van der Waals surface area contributed by atoms with Crippen LogP contribution in [0.1, 0.15) is 0 Å². The Morgan fingerprint density at radius 2 is 2.50 bits per heavy atom. The number of hydrogen-bond acceptors (Lipinski definition) is 6. The molecule has 1 aromatic rings. The van der Waals surface area contributed by atoms with Crippen LogP contribution < -0.4 is 4.90 Å². The minimum absolute atomic E-state index is 0.0521. The van der Waals surface area contributed by atoms with Crippen molar-refractivity contribution < 1.29 is 9.84 Å². The SMILES string of the molecule is OCC1CN(c2nnc(Br)s2)CCO1. The molecule has 0 spiro atoms. The van der Waals surface area contributed by atoms with Crippen LogP contribution in [-0.4, -0.2) is 47.7 Å². The zero-order valence-corrected chi connectivity index (χ0v) is 9.79. The maximum Gasteiger partial charge on any atom is 0.209 e. The van der Waals surface area contributed by atoms with Gasteiger partial charge < -0.3 is 14.7 Å². The molecule has 1 saturated heterocycles. The van der Waals surface area contributed by atoms with Crippen molar-refractivity contribution in [1.82, 2.24) is 10.2 Å². The fourth-order valence-electron chi connectivity index (χ4n) is 1.33. The number of anilines is 1. The molecule has 1 aromatic heterocycles. The number of rotatable bonds is 2. The Kier molecular flexibility index (Phi) is 3.32. The van der Waals surface area contributed by atoms with Gasteiger partial charge in [-0.25, -0.2) is 0 Å². The van der Waals surface area contributed by atoms with Gasteiger partial charge in [-0.2, -0.15) is 0 Å². The Hall–Kier alpha value is -0.240. The van der Waals surface area contributed by atoms with Gasteiger partial charge in [-0.05, 0) is 15.9 Å². The first kappa shape index (κ1) is 10.3. The Morgan fingerprint density at radius 3 is 3.14 bits per heavy atom. The van der Waals surface area contributed by atoms with Crippen molar-refractivity contribution in [3.05, 3.63) is 3.92 Å². The number of halogens is 1. The highest BCUT2D eigenvalue weighted by atomic mass is 79.9. The van der Waals surface area contributed by atoms with Gasteiger partial charge in [0.2, 0.25) is 5.13 Å². The largest absolute Gasteiger partial charge is 0.394 e. The first-order chi connectivity index (χ1) is 6.79. The van der Waals surface area contributed by atoms with E-state index in [0.717, 1.165) is 15.6 Å². The molecule has 0 radical (unpaired) electrons. The molecule has 0 bridgehead atoms. The maximum absolute atomic E-state index is 8.97. The minimum Gasteiger partial charge on any atom is -0.394 e. The molecule has 1 unspecified atom stereocenters. The first-order valence-corrected chi connectivity index (χ1v) is 5.87. The van der Waals surface area contributed by atoms with Gasteiger partial charge in [0.25, 0.3) is 0 Å². The maximum atomic E-state index is 8.97. The van der Waals surface area contributed by atoms with Crippen LogP contribution in [0, 0.1) is 0 Å². The summed E-state index contributed by atoms with van der Waals surface area (Å²) in [7, 11) is 0. The normalized spacial score (nSPS) is 22.7. The van der Waals surface area contributed by atoms with Gasteiger partial charge in [0.15, 0.2) is 3.92 Å². The highest BCUT2D eigenvalue weighted by Crippen LogP contribution is 2.25. The Balaban J connectivity index is 2.04. The fraction of sp³-hybridized carbons (Fsp3) is 0.714. The third kappa shape index (κ3) is 2.22. The zero-order chi connectivity index (χ0) is 9.97. The summed E-state index contributed by atoms with van der Waals surface area (Å²) in [6.45, 7) is 2.16. The molecule has 1 aliphatic rings. The second kappa shape index (κ2) is 4.52. The molecular formula is C7H10BrN3O2S. The lowest BCUT2D eigenvalue weighted by molar-refractivity contribution is 0.00353. The summed E-state index contributed by atoms with van der Waals surface area (Å²) in [5.41, 5.74) is 0. The summed E-state index contributed by atoms with van der Waals surface area (Å²) in [6.07, 6.45) is -0.105. The lowest BCUT2D eigenvalue weighted by Gasteiger charge is -2.31. The highest BCUT2D eigenvalue weighted by Gasteiger charge is 2.22. The molecular weight excluding hydrogens is 270 g/mol. The van der Waals surface area contributed by atoms with Gasteiger partial charge in [-0.15, -0.1) is 10.2 Å². The summed E-state index contributed by atoms with van der Waals surface area (Å²) in [5.74, 6) is 0. The van der Waals surface area contributed by atoms with Crippen molar-refractivity contribution in [3.63, 3.8) is 0 Å². The molecule has 1 fully saturated rings. The van der Waals surface area contributed by atoms with Crippen molar-refractivity contribution >= 4 is 32.4 Å². The second-order valence-corrected chi connectivity index (χ2v) is 5.19. The summed E-state index contributed by atoms with van der Waals surface area (Å²) in [6, 6.07) is 0. The molecule has 1 N–H and O–H groups in total. The lowest BCUT2D eigenvalue weighted by atomic mass is 10.3. The van der Waals surface area contributed by atoms with Crippen LogP contribution in [-0.2, 0) is 4.74 Å².